The van der Waals surface area contributed by atoms with E-state index in [-0.39, 0.29) is 0 Å². The Hall–Kier alpha value is -0.930. The molecule has 1 aromatic heterocycles. The molecule has 0 radical (unpaired) electrons. The van der Waals surface area contributed by atoms with Crippen molar-refractivity contribution in [3.05, 3.63) is 29.6 Å². The molecule has 0 unspecified atom stereocenters. The lowest BCUT2D eigenvalue weighted by molar-refractivity contribution is 0.323. The van der Waals surface area contributed by atoms with Gasteiger partial charge in [-0.15, -0.1) is 0 Å². The summed E-state index contributed by atoms with van der Waals surface area (Å²) in [5.41, 5.74) is 2.29. The lowest BCUT2D eigenvalue weighted by Gasteiger charge is -2.15. The van der Waals surface area contributed by atoms with Gasteiger partial charge < -0.3 is 10.2 Å². The Balaban J connectivity index is 2.52. The number of aromatic nitrogens is 1. The van der Waals surface area contributed by atoms with Crippen molar-refractivity contribution in [3.63, 3.8) is 0 Å². The maximum absolute atomic E-state index is 4.63. The molecule has 90 valence electrons. The second kappa shape index (κ2) is 7.36. The van der Waals surface area contributed by atoms with Crippen molar-refractivity contribution in [2.75, 3.05) is 20.1 Å². The molecular weight excluding hydrogens is 198 g/mol. The van der Waals surface area contributed by atoms with Crippen LogP contribution in [-0.2, 0) is 13.1 Å². The maximum Gasteiger partial charge on any atom is 0.0547 e. The molecule has 1 heterocycles. The van der Waals surface area contributed by atoms with Gasteiger partial charge in [0.25, 0.3) is 0 Å². The number of hydrogen-bond acceptors (Lipinski definition) is 3. The molecule has 0 atom stereocenters. The summed E-state index contributed by atoms with van der Waals surface area (Å²) < 4.78 is 0. The van der Waals surface area contributed by atoms with E-state index in [1.807, 2.05) is 0 Å². The monoisotopic (exact) mass is 221 g/mol. The summed E-state index contributed by atoms with van der Waals surface area (Å²) >= 11 is 0. The van der Waals surface area contributed by atoms with Crippen LogP contribution in [0.5, 0.6) is 0 Å². The Labute approximate surface area is 98.9 Å². The minimum Gasteiger partial charge on any atom is -0.311 e. The number of pyridine rings is 1. The summed E-state index contributed by atoms with van der Waals surface area (Å²) in [4.78, 5) is 6.93. The van der Waals surface area contributed by atoms with Crippen LogP contribution in [-0.4, -0.2) is 30.0 Å². The molecule has 0 spiro atoms. The van der Waals surface area contributed by atoms with E-state index in [9.17, 15) is 0 Å². The quantitative estimate of drug-likeness (QED) is 0.763. The number of hydrogen-bond donors (Lipinski definition) is 1. The van der Waals surface area contributed by atoms with Crippen molar-refractivity contribution in [2.45, 2.75) is 33.4 Å². The smallest absolute Gasteiger partial charge is 0.0547 e. The van der Waals surface area contributed by atoms with Crippen molar-refractivity contribution in [1.29, 1.82) is 0 Å². The van der Waals surface area contributed by atoms with E-state index in [1.165, 1.54) is 6.42 Å². The van der Waals surface area contributed by atoms with Crippen LogP contribution >= 0.6 is 0 Å². The van der Waals surface area contributed by atoms with Gasteiger partial charge in [0.15, 0.2) is 0 Å². The third kappa shape index (κ3) is 4.73. The second-order valence-corrected chi connectivity index (χ2v) is 4.14. The molecule has 3 heteroatoms. The molecule has 3 nitrogen and oxygen atoms in total. The van der Waals surface area contributed by atoms with Gasteiger partial charge in [-0.1, -0.05) is 19.9 Å². The van der Waals surface area contributed by atoms with Crippen LogP contribution in [0.2, 0.25) is 0 Å². The van der Waals surface area contributed by atoms with Crippen molar-refractivity contribution in [1.82, 2.24) is 15.2 Å². The van der Waals surface area contributed by atoms with Gasteiger partial charge in [-0.25, -0.2) is 0 Å². The summed E-state index contributed by atoms with van der Waals surface area (Å²) in [5, 5.41) is 3.29. The third-order valence-electron chi connectivity index (χ3n) is 2.46. The van der Waals surface area contributed by atoms with Gasteiger partial charge in [0.1, 0.15) is 0 Å². The Bertz CT molecular complexity index is 299. The summed E-state index contributed by atoms with van der Waals surface area (Å²) in [5.74, 6) is 0. The molecule has 0 saturated heterocycles. The highest BCUT2D eigenvalue weighted by atomic mass is 15.1. The molecule has 1 rings (SSSR count). The van der Waals surface area contributed by atoms with Crippen molar-refractivity contribution >= 4 is 0 Å². The van der Waals surface area contributed by atoms with E-state index in [0.29, 0.717) is 0 Å². The van der Waals surface area contributed by atoms with Crippen LogP contribution in [0.15, 0.2) is 18.2 Å². The zero-order valence-electron chi connectivity index (χ0n) is 10.7. The van der Waals surface area contributed by atoms with Crippen LogP contribution in [0.1, 0.15) is 31.7 Å². The second-order valence-electron chi connectivity index (χ2n) is 4.14. The van der Waals surface area contributed by atoms with Crippen LogP contribution in [0, 0.1) is 0 Å². The zero-order chi connectivity index (χ0) is 11.8. The van der Waals surface area contributed by atoms with Gasteiger partial charge in [0.05, 0.1) is 11.4 Å². The zero-order valence-corrected chi connectivity index (χ0v) is 10.7. The van der Waals surface area contributed by atoms with Gasteiger partial charge in [-0.3, -0.25) is 4.98 Å². The molecule has 0 amide bonds. The largest absolute Gasteiger partial charge is 0.311 e. The first-order chi connectivity index (χ1) is 7.76. The predicted octanol–water partition coefficient (Wildman–Crippen LogP) is 2.03. The summed E-state index contributed by atoms with van der Waals surface area (Å²) in [6.45, 7) is 8.22. The van der Waals surface area contributed by atoms with Gasteiger partial charge in [-0.05, 0) is 38.7 Å². The van der Waals surface area contributed by atoms with Gasteiger partial charge in [0, 0.05) is 13.1 Å². The molecule has 0 aliphatic rings. The minimum absolute atomic E-state index is 0.863. The van der Waals surface area contributed by atoms with Gasteiger partial charge >= 0.3 is 0 Å². The predicted molar refractivity (Wildman–Crippen MR) is 68.2 cm³/mol. The summed E-state index contributed by atoms with van der Waals surface area (Å²) in [6.07, 6.45) is 1.19. The molecule has 1 N–H and O–H groups in total. The molecule has 16 heavy (non-hydrogen) atoms. The Morgan fingerprint density at radius 1 is 1.25 bits per heavy atom. The fourth-order valence-corrected chi connectivity index (χ4v) is 1.71. The SMILES string of the molecule is CCCN(C)Cc1cccc(CNCC)n1. The Kier molecular flexibility index (Phi) is 6.04. The average molecular weight is 221 g/mol. The lowest BCUT2D eigenvalue weighted by Crippen LogP contribution is -2.20. The van der Waals surface area contributed by atoms with Crippen LogP contribution in [0.3, 0.4) is 0 Å². The van der Waals surface area contributed by atoms with Crippen molar-refractivity contribution in [3.8, 4) is 0 Å². The van der Waals surface area contributed by atoms with Crippen molar-refractivity contribution < 1.29 is 0 Å². The number of nitrogens with one attached hydrogen (secondary N) is 1. The van der Waals surface area contributed by atoms with Gasteiger partial charge in [-0.2, -0.15) is 0 Å². The Morgan fingerprint density at radius 2 is 2.00 bits per heavy atom. The molecule has 0 aromatic carbocycles. The van der Waals surface area contributed by atoms with E-state index in [4.69, 9.17) is 0 Å². The van der Waals surface area contributed by atoms with Crippen molar-refractivity contribution in [2.24, 2.45) is 0 Å². The normalized spacial score (nSPS) is 11.0. The topological polar surface area (TPSA) is 28.2 Å². The molecular formula is C13H23N3. The maximum atomic E-state index is 4.63. The fraction of sp³-hybridized carbons (Fsp3) is 0.615. The van der Waals surface area contributed by atoms with E-state index in [0.717, 1.165) is 37.6 Å². The molecule has 0 bridgehead atoms. The standard InChI is InChI=1S/C13H23N3/c1-4-9-16(3)11-13-8-6-7-12(15-13)10-14-5-2/h6-8,14H,4-5,9-11H2,1-3H3. The highest BCUT2D eigenvalue weighted by molar-refractivity contribution is 5.11. The fourth-order valence-electron chi connectivity index (χ4n) is 1.71. The first kappa shape index (κ1) is 13.1. The average Bonchev–Trinajstić information content (AvgIpc) is 2.27. The first-order valence-corrected chi connectivity index (χ1v) is 6.10. The molecule has 1 aromatic rings. The van der Waals surface area contributed by atoms with E-state index in [2.05, 4.69) is 54.3 Å². The van der Waals surface area contributed by atoms with Crippen LogP contribution in [0.25, 0.3) is 0 Å². The first-order valence-electron chi connectivity index (χ1n) is 6.10. The number of nitrogens with zero attached hydrogens (tertiary/aromatic N) is 2. The molecule has 0 aliphatic carbocycles. The van der Waals surface area contributed by atoms with E-state index >= 15 is 0 Å². The Morgan fingerprint density at radius 3 is 2.69 bits per heavy atom. The number of rotatable bonds is 7. The minimum atomic E-state index is 0.863. The van der Waals surface area contributed by atoms with Crippen LogP contribution in [0.4, 0.5) is 0 Å². The summed E-state index contributed by atoms with van der Waals surface area (Å²) in [7, 11) is 2.14. The highest BCUT2D eigenvalue weighted by Crippen LogP contribution is 2.03. The highest BCUT2D eigenvalue weighted by Gasteiger charge is 2.01. The molecule has 0 aliphatic heterocycles. The molecule has 0 fully saturated rings. The molecule has 0 saturated carbocycles. The van der Waals surface area contributed by atoms with Gasteiger partial charge in [0.2, 0.25) is 0 Å². The van der Waals surface area contributed by atoms with Crippen LogP contribution < -0.4 is 5.32 Å². The van der Waals surface area contributed by atoms with E-state index in [1.54, 1.807) is 0 Å². The lowest BCUT2D eigenvalue weighted by atomic mass is 10.3. The third-order valence-corrected chi connectivity index (χ3v) is 2.46. The summed E-state index contributed by atoms with van der Waals surface area (Å²) in [6, 6.07) is 6.27. The van der Waals surface area contributed by atoms with E-state index < -0.39 is 0 Å².